The number of hydrogen-bond acceptors (Lipinski definition) is 3. The lowest BCUT2D eigenvalue weighted by Crippen LogP contribution is -2.41. The first kappa shape index (κ1) is 14.0. The minimum atomic E-state index is -0.638. The Morgan fingerprint density at radius 1 is 1.28 bits per heavy atom. The van der Waals surface area contributed by atoms with Gasteiger partial charge < -0.3 is 15.4 Å². The van der Waals surface area contributed by atoms with Crippen LogP contribution in [0.2, 0.25) is 0 Å². The van der Waals surface area contributed by atoms with E-state index in [4.69, 9.17) is 4.74 Å². The lowest BCUT2D eigenvalue weighted by molar-refractivity contribution is -0.120. The molecule has 98 valence electrons. The van der Waals surface area contributed by atoms with E-state index in [1.165, 1.54) is 0 Å². The van der Waals surface area contributed by atoms with Crippen molar-refractivity contribution in [1.29, 1.82) is 0 Å². The molecule has 0 saturated carbocycles. The molecule has 0 aliphatic rings. The number of amides is 2. The van der Waals surface area contributed by atoms with Crippen LogP contribution in [0.25, 0.3) is 0 Å². The number of nitrogens with one attached hydrogen (secondary N) is 2. The van der Waals surface area contributed by atoms with E-state index < -0.39 is 6.09 Å². The van der Waals surface area contributed by atoms with E-state index in [2.05, 4.69) is 10.6 Å². The zero-order valence-corrected chi connectivity index (χ0v) is 10.6. The number of hydrogen-bond donors (Lipinski definition) is 2. The van der Waals surface area contributed by atoms with Gasteiger partial charge in [0.25, 0.3) is 0 Å². The van der Waals surface area contributed by atoms with Crippen molar-refractivity contribution in [3.8, 4) is 5.75 Å². The minimum Gasteiger partial charge on any atom is -0.410 e. The van der Waals surface area contributed by atoms with E-state index in [-0.39, 0.29) is 18.5 Å². The van der Waals surface area contributed by atoms with Gasteiger partial charge in [0, 0.05) is 6.04 Å². The number of carbonyl (C=O) groups is 2. The molecule has 1 aromatic rings. The van der Waals surface area contributed by atoms with Crippen molar-refractivity contribution in [3.05, 3.63) is 30.3 Å². The summed E-state index contributed by atoms with van der Waals surface area (Å²) < 4.78 is 4.97. The van der Waals surface area contributed by atoms with Crippen LogP contribution in [-0.4, -0.2) is 24.6 Å². The molecule has 0 spiro atoms. The highest BCUT2D eigenvalue weighted by Crippen LogP contribution is 2.07. The average Bonchev–Trinajstić information content (AvgIpc) is 2.37. The fraction of sp³-hybridized carbons (Fsp3) is 0.385. The zero-order chi connectivity index (χ0) is 13.4. The van der Waals surface area contributed by atoms with Gasteiger partial charge in [-0.1, -0.05) is 25.1 Å². The standard InChI is InChI=1S/C13H18N2O3/c1-3-10(2)15-12(16)9-14-13(17)18-11-7-5-4-6-8-11/h4-8,10H,3,9H2,1-2H3,(H,14,17)(H,15,16). The van der Waals surface area contributed by atoms with Crippen LogP contribution in [0.5, 0.6) is 5.75 Å². The molecule has 1 aromatic carbocycles. The molecular formula is C13H18N2O3. The predicted octanol–water partition coefficient (Wildman–Crippen LogP) is 1.69. The summed E-state index contributed by atoms with van der Waals surface area (Å²) in [6, 6.07) is 8.78. The molecule has 0 aromatic heterocycles. The Bertz CT molecular complexity index is 392. The lowest BCUT2D eigenvalue weighted by Gasteiger charge is -2.11. The van der Waals surface area contributed by atoms with Crippen molar-refractivity contribution >= 4 is 12.0 Å². The highest BCUT2D eigenvalue weighted by Gasteiger charge is 2.08. The Labute approximate surface area is 107 Å². The van der Waals surface area contributed by atoms with Gasteiger partial charge in [-0.15, -0.1) is 0 Å². The second kappa shape index (κ2) is 7.32. The molecule has 5 heteroatoms. The zero-order valence-electron chi connectivity index (χ0n) is 10.6. The molecule has 1 unspecified atom stereocenters. The van der Waals surface area contributed by atoms with Gasteiger partial charge in [-0.05, 0) is 25.5 Å². The van der Waals surface area contributed by atoms with Crippen molar-refractivity contribution in [1.82, 2.24) is 10.6 Å². The van der Waals surface area contributed by atoms with Gasteiger partial charge in [-0.3, -0.25) is 4.79 Å². The topological polar surface area (TPSA) is 67.4 Å². The smallest absolute Gasteiger partial charge is 0.410 e. The van der Waals surface area contributed by atoms with Crippen molar-refractivity contribution in [2.45, 2.75) is 26.3 Å². The molecule has 2 amide bonds. The third-order valence-electron chi connectivity index (χ3n) is 2.37. The molecule has 0 fully saturated rings. The van der Waals surface area contributed by atoms with Crippen LogP contribution in [0.3, 0.4) is 0 Å². The maximum atomic E-state index is 11.4. The highest BCUT2D eigenvalue weighted by molar-refractivity contribution is 5.82. The number of rotatable bonds is 5. The molecule has 18 heavy (non-hydrogen) atoms. The second-order valence-corrected chi connectivity index (χ2v) is 3.93. The maximum Gasteiger partial charge on any atom is 0.413 e. The summed E-state index contributed by atoms with van der Waals surface area (Å²) in [5.41, 5.74) is 0. The Kier molecular flexibility index (Phi) is 5.70. The van der Waals surface area contributed by atoms with Gasteiger partial charge in [-0.2, -0.15) is 0 Å². The monoisotopic (exact) mass is 250 g/mol. The van der Waals surface area contributed by atoms with Crippen LogP contribution in [0, 0.1) is 0 Å². The number of para-hydroxylation sites is 1. The summed E-state index contributed by atoms with van der Waals surface area (Å²) >= 11 is 0. The number of carbonyl (C=O) groups excluding carboxylic acids is 2. The molecule has 0 aliphatic carbocycles. The molecule has 0 radical (unpaired) electrons. The van der Waals surface area contributed by atoms with Gasteiger partial charge >= 0.3 is 6.09 Å². The summed E-state index contributed by atoms with van der Waals surface area (Å²) in [5.74, 6) is 0.215. The fourth-order valence-corrected chi connectivity index (χ4v) is 1.21. The van der Waals surface area contributed by atoms with Crippen LogP contribution in [-0.2, 0) is 4.79 Å². The van der Waals surface area contributed by atoms with E-state index in [1.54, 1.807) is 24.3 Å². The Balaban J connectivity index is 2.27. The maximum absolute atomic E-state index is 11.4. The molecule has 1 atom stereocenters. The molecule has 0 bridgehead atoms. The third-order valence-corrected chi connectivity index (χ3v) is 2.37. The molecule has 1 rings (SSSR count). The Hall–Kier alpha value is -2.04. The molecule has 0 heterocycles. The predicted molar refractivity (Wildman–Crippen MR) is 68.4 cm³/mol. The largest absolute Gasteiger partial charge is 0.413 e. The van der Waals surface area contributed by atoms with Crippen molar-refractivity contribution < 1.29 is 14.3 Å². The Morgan fingerprint density at radius 3 is 2.56 bits per heavy atom. The lowest BCUT2D eigenvalue weighted by atomic mass is 10.2. The molecule has 5 nitrogen and oxygen atoms in total. The Morgan fingerprint density at radius 2 is 1.94 bits per heavy atom. The van der Waals surface area contributed by atoms with Crippen LogP contribution in [0.15, 0.2) is 30.3 Å². The molecular weight excluding hydrogens is 232 g/mol. The van der Waals surface area contributed by atoms with Gasteiger partial charge in [0.1, 0.15) is 12.3 Å². The molecule has 0 saturated heterocycles. The van der Waals surface area contributed by atoms with E-state index >= 15 is 0 Å². The van der Waals surface area contributed by atoms with Gasteiger partial charge in [-0.25, -0.2) is 4.79 Å². The number of ether oxygens (including phenoxy) is 1. The van der Waals surface area contributed by atoms with Gasteiger partial charge in [0.2, 0.25) is 5.91 Å². The van der Waals surface area contributed by atoms with Crippen molar-refractivity contribution in [2.75, 3.05) is 6.54 Å². The molecule has 0 aliphatic heterocycles. The quantitative estimate of drug-likeness (QED) is 0.835. The minimum absolute atomic E-state index is 0.0873. The first-order chi connectivity index (χ1) is 8.61. The fourth-order valence-electron chi connectivity index (χ4n) is 1.21. The highest BCUT2D eigenvalue weighted by atomic mass is 16.6. The summed E-state index contributed by atoms with van der Waals surface area (Å²) in [6.45, 7) is 3.79. The third kappa shape index (κ3) is 5.34. The summed E-state index contributed by atoms with van der Waals surface area (Å²) in [5, 5.41) is 5.13. The summed E-state index contributed by atoms with van der Waals surface area (Å²) in [4.78, 5) is 22.7. The average molecular weight is 250 g/mol. The normalized spacial score (nSPS) is 11.4. The van der Waals surface area contributed by atoms with Gasteiger partial charge in [0.15, 0.2) is 0 Å². The van der Waals surface area contributed by atoms with E-state index in [9.17, 15) is 9.59 Å². The van der Waals surface area contributed by atoms with Crippen LogP contribution in [0.1, 0.15) is 20.3 Å². The van der Waals surface area contributed by atoms with Crippen LogP contribution < -0.4 is 15.4 Å². The van der Waals surface area contributed by atoms with Crippen molar-refractivity contribution in [3.63, 3.8) is 0 Å². The van der Waals surface area contributed by atoms with Crippen LogP contribution >= 0.6 is 0 Å². The van der Waals surface area contributed by atoms with E-state index in [0.717, 1.165) is 6.42 Å². The second-order valence-electron chi connectivity index (χ2n) is 3.93. The summed E-state index contributed by atoms with van der Waals surface area (Å²) in [7, 11) is 0. The van der Waals surface area contributed by atoms with E-state index in [1.807, 2.05) is 19.9 Å². The molecule has 2 N–H and O–H groups in total. The van der Waals surface area contributed by atoms with Gasteiger partial charge in [0.05, 0.1) is 0 Å². The van der Waals surface area contributed by atoms with Crippen LogP contribution in [0.4, 0.5) is 4.79 Å². The first-order valence-electron chi connectivity index (χ1n) is 5.92. The van der Waals surface area contributed by atoms with E-state index in [0.29, 0.717) is 5.75 Å². The summed E-state index contributed by atoms with van der Waals surface area (Å²) in [6.07, 6.45) is 0.209. The van der Waals surface area contributed by atoms with Crippen molar-refractivity contribution in [2.24, 2.45) is 0 Å². The SMILES string of the molecule is CCC(C)NC(=O)CNC(=O)Oc1ccccc1. The first-order valence-corrected chi connectivity index (χ1v) is 5.92. The number of benzene rings is 1.